The van der Waals surface area contributed by atoms with Gasteiger partial charge in [-0.15, -0.1) is 0 Å². The van der Waals surface area contributed by atoms with E-state index in [-0.39, 0.29) is 0 Å². The summed E-state index contributed by atoms with van der Waals surface area (Å²) in [5, 5.41) is 0. The first-order valence-corrected chi connectivity index (χ1v) is 14.2. The molecule has 0 aliphatic carbocycles. The Hall–Kier alpha value is 0. The Morgan fingerprint density at radius 1 is 0.500 bits per heavy atom. The lowest BCUT2D eigenvalue weighted by Crippen LogP contribution is -2.29. The minimum absolute atomic E-state index is 0.470. The van der Waals surface area contributed by atoms with Gasteiger partial charge in [0.15, 0.2) is 0 Å². The van der Waals surface area contributed by atoms with Gasteiger partial charge in [0.1, 0.15) is 0 Å². The molecular formula is C30H64. The number of hydrogen-bond donors (Lipinski definition) is 0. The lowest BCUT2D eigenvalue weighted by Gasteiger charge is -2.38. The van der Waals surface area contributed by atoms with Crippen molar-refractivity contribution in [2.45, 2.75) is 166 Å². The standard InChI is InChI=1S/C24H50.C6H14/c1-8-12-16-21(17-13-9-2)23(20-24(5,6)7)22(18-14-10-3)19-15-11-4;1-4-5-6(2)3/h21-23H,8-20H2,1-7H3;6H,4-5H2,1-3H3. The van der Waals surface area contributed by atoms with Crippen molar-refractivity contribution in [1.29, 1.82) is 0 Å². The third-order valence-corrected chi connectivity index (χ3v) is 6.64. The van der Waals surface area contributed by atoms with Crippen LogP contribution >= 0.6 is 0 Å². The maximum absolute atomic E-state index is 2.47. The second-order valence-electron chi connectivity index (χ2n) is 11.7. The number of hydrogen-bond acceptors (Lipinski definition) is 0. The SMILES string of the molecule is CCCC(C)C.CCCCC(CCCC)C(CC(C)(C)C)C(CCCC)CCCC. The van der Waals surface area contributed by atoms with Gasteiger partial charge in [-0.3, -0.25) is 0 Å². The van der Waals surface area contributed by atoms with Crippen molar-refractivity contribution in [1.82, 2.24) is 0 Å². The van der Waals surface area contributed by atoms with Gasteiger partial charge in [0, 0.05) is 0 Å². The molecule has 0 rings (SSSR count). The van der Waals surface area contributed by atoms with Crippen LogP contribution < -0.4 is 0 Å². The molecule has 0 amide bonds. The van der Waals surface area contributed by atoms with E-state index < -0.39 is 0 Å². The van der Waals surface area contributed by atoms with Gasteiger partial charge < -0.3 is 0 Å². The second kappa shape index (κ2) is 20.9. The normalized spacial score (nSPS) is 12.2. The summed E-state index contributed by atoms with van der Waals surface area (Å²) in [4.78, 5) is 0. The Balaban J connectivity index is 0. The average molecular weight is 425 g/mol. The molecule has 30 heavy (non-hydrogen) atoms. The third kappa shape index (κ3) is 19.9. The molecule has 0 N–H and O–H groups in total. The predicted octanol–water partition coefficient (Wildman–Crippen LogP) is 11.5. The van der Waals surface area contributed by atoms with Gasteiger partial charge >= 0.3 is 0 Å². The smallest absolute Gasteiger partial charge is 0.0352 e. The van der Waals surface area contributed by atoms with E-state index in [4.69, 9.17) is 0 Å². The van der Waals surface area contributed by atoms with Crippen molar-refractivity contribution in [2.75, 3.05) is 0 Å². The molecule has 0 unspecified atom stereocenters. The Morgan fingerprint density at radius 2 is 0.833 bits per heavy atom. The van der Waals surface area contributed by atoms with Crippen LogP contribution in [0.1, 0.15) is 166 Å². The van der Waals surface area contributed by atoms with Crippen LogP contribution in [0.3, 0.4) is 0 Å². The lowest BCUT2D eigenvalue weighted by atomic mass is 9.67. The van der Waals surface area contributed by atoms with Crippen LogP contribution in [0, 0.1) is 29.1 Å². The van der Waals surface area contributed by atoms with Gasteiger partial charge in [-0.05, 0) is 35.5 Å². The molecule has 184 valence electrons. The number of unbranched alkanes of at least 4 members (excludes halogenated alkanes) is 4. The molecule has 0 spiro atoms. The van der Waals surface area contributed by atoms with Crippen LogP contribution in [-0.2, 0) is 0 Å². The molecule has 0 heterocycles. The molecule has 0 saturated heterocycles. The van der Waals surface area contributed by atoms with Gasteiger partial charge in [0.2, 0.25) is 0 Å². The lowest BCUT2D eigenvalue weighted by molar-refractivity contribution is 0.120. The van der Waals surface area contributed by atoms with E-state index in [0.717, 1.165) is 23.7 Å². The Labute approximate surface area is 194 Å². The van der Waals surface area contributed by atoms with E-state index in [1.807, 2.05) is 0 Å². The predicted molar refractivity (Wildman–Crippen MR) is 142 cm³/mol. The van der Waals surface area contributed by atoms with Crippen LogP contribution in [0.2, 0.25) is 0 Å². The fraction of sp³-hybridized carbons (Fsp3) is 1.00. The highest BCUT2D eigenvalue weighted by Gasteiger charge is 2.31. The summed E-state index contributed by atoms with van der Waals surface area (Å²) < 4.78 is 0. The minimum atomic E-state index is 0.470. The van der Waals surface area contributed by atoms with Crippen molar-refractivity contribution >= 4 is 0 Å². The molecule has 0 aromatic heterocycles. The first-order valence-electron chi connectivity index (χ1n) is 14.2. The van der Waals surface area contributed by atoms with Crippen LogP contribution in [0.4, 0.5) is 0 Å². The third-order valence-electron chi connectivity index (χ3n) is 6.64. The second-order valence-corrected chi connectivity index (χ2v) is 11.7. The molecule has 0 saturated carbocycles. The quantitative estimate of drug-likeness (QED) is 0.218. The zero-order chi connectivity index (χ0) is 23.4. The summed E-state index contributed by atoms with van der Waals surface area (Å²) >= 11 is 0. The molecule has 0 atom stereocenters. The van der Waals surface area contributed by atoms with Crippen molar-refractivity contribution in [3.63, 3.8) is 0 Å². The first kappa shape index (κ1) is 32.2. The van der Waals surface area contributed by atoms with E-state index in [1.54, 1.807) is 0 Å². The Morgan fingerprint density at radius 3 is 1.00 bits per heavy atom. The molecule has 0 aliphatic rings. The summed E-state index contributed by atoms with van der Waals surface area (Å²) in [7, 11) is 0. The van der Waals surface area contributed by atoms with E-state index in [1.165, 1.54) is 96.3 Å². The van der Waals surface area contributed by atoms with Crippen molar-refractivity contribution in [3.05, 3.63) is 0 Å². The van der Waals surface area contributed by atoms with E-state index >= 15 is 0 Å². The summed E-state index contributed by atoms with van der Waals surface area (Å²) in [5.74, 6) is 3.81. The van der Waals surface area contributed by atoms with Crippen LogP contribution in [0.25, 0.3) is 0 Å². The monoisotopic (exact) mass is 425 g/mol. The largest absolute Gasteiger partial charge is 0.0654 e. The topological polar surface area (TPSA) is 0 Å². The summed E-state index contributed by atoms with van der Waals surface area (Å²) in [6.07, 6.45) is 21.2. The molecular weight excluding hydrogens is 360 g/mol. The molecule has 0 bridgehead atoms. The molecule has 0 aromatic rings. The van der Waals surface area contributed by atoms with Crippen molar-refractivity contribution < 1.29 is 0 Å². The molecule has 0 aromatic carbocycles. The van der Waals surface area contributed by atoms with Gasteiger partial charge in [0.25, 0.3) is 0 Å². The molecule has 0 nitrogen and oxygen atoms in total. The zero-order valence-electron chi connectivity index (χ0n) is 23.4. The van der Waals surface area contributed by atoms with E-state index in [2.05, 4.69) is 69.2 Å². The Kier molecular flexibility index (Phi) is 22.4. The fourth-order valence-electron chi connectivity index (χ4n) is 5.01. The maximum Gasteiger partial charge on any atom is -0.0352 e. The Bertz CT molecular complexity index is 285. The van der Waals surface area contributed by atoms with Gasteiger partial charge in [0.05, 0.1) is 0 Å². The summed E-state index contributed by atoms with van der Waals surface area (Å²) in [6, 6.07) is 0. The van der Waals surface area contributed by atoms with Gasteiger partial charge in [-0.2, -0.15) is 0 Å². The van der Waals surface area contributed by atoms with Gasteiger partial charge in [-0.1, -0.05) is 159 Å². The van der Waals surface area contributed by atoms with E-state index in [0.29, 0.717) is 5.41 Å². The molecule has 0 radical (unpaired) electrons. The van der Waals surface area contributed by atoms with Crippen LogP contribution in [0.15, 0.2) is 0 Å². The fourth-order valence-corrected chi connectivity index (χ4v) is 5.01. The van der Waals surface area contributed by atoms with E-state index in [9.17, 15) is 0 Å². The molecule has 0 aliphatic heterocycles. The number of rotatable bonds is 17. The zero-order valence-corrected chi connectivity index (χ0v) is 23.4. The average Bonchev–Trinajstić information content (AvgIpc) is 2.66. The van der Waals surface area contributed by atoms with Crippen LogP contribution in [-0.4, -0.2) is 0 Å². The molecule has 0 heteroatoms. The first-order chi connectivity index (χ1) is 14.2. The summed E-state index contributed by atoms with van der Waals surface area (Å²) in [6.45, 7) is 23.6. The van der Waals surface area contributed by atoms with Crippen LogP contribution in [0.5, 0.6) is 0 Å². The highest BCUT2D eigenvalue weighted by Crippen LogP contribution is 2.42. The highest BCUT2D eigenvalue weighted by molar-refractivity contribution is 4.82. The minimum Gasteiger partial charge on any atom is -0.0654 e. The van der Waals surface area contributed by atoms with Gasteiger partial charge in [-0.25, -0.2) is 0 Å². The molecule has 0 fully saturated rings. The highest BCUT2D eigenvalue weighted by atomic mass is 14.4. The summed E-state index contributed by atoms with van der Waals surface area (Å²) in [5.41, 5.74) is 0.470. The maximum atomic E-state index is 2.47. The van der Waals surface area contributed by atoms with Crippen molar-refractivity contribution in [3.8, 4) is 0 Å². The van der Waals surface area contributed by atoms with Crippen molar-refractivity contribution in [2.24, 2.45) is 29.1 Å².